The monoisotopic (exact) mass is 318 g/mol. The van der Waals surface area contributed by atoms with Gasteiger partial charge in [-0.3, -0.25) is 4.79 Å². The van der Waals surface area contributed by atoms with E-state index in [0.29, 0.717) is 11.8 Å². The van der Waals surface area contributed by atoms with Gasteiger partial charge in [0.1, 0.15) is 5.82 Å². The SMILES string of the molecule is O=C(O)C(CO)C1(c2ccc(F)cc2)C2CC3CC(C2)CC1C3. The van der Waals surface area contributed by atoms with Crippen LogP contribution in [-0.2, 0) is 10.2 Å². The van der Waals surface area contributed by atoms with Crippen molar-refractivity contribution in [3.05, 3.63) is 35.6 Å². The standard InChI is InChI=1S/C19H23FO3/c20-16-3-1-13(2-4-16)19(17(10-21)18(22)23)14-6-11-5-12(8-14)9-15(19)7-11/h1-4,11-12,14-15,17,21H,5-10H2,(H,22,23). The van der Waals surface area contributed by atoms with Crippen molar-refractivity contribution < 1.29 is 19.4 Å². The minimum Gasteiger partial charge on any atom is -0.481 e. The average molecular weight is 318 g/mol. The highest BCUT2D eigenvalue weighted by atomic mass is 19.1. The summed E-state index contributed by atoms with van der Waals surface area (Å²) >= 11 is 0. The highest BCUT2D eigenvalue weighted by molar-refractivity contribution is 5.73. The highest BCUT2D eigenvalue weighted by Crippen LogP contribution is 2.65. The smallest absolute Gasteiger partial charge is 0.309 e. The van der Waals surface area contributed by atoms with Gasteiger partial charge in [0.05, 0.1) is 12.5 Å². The molecule has 4 saturated carbocycles. The Morgan fingerprint density at radius 3 is 2.04 bits per heavy atom. The molecule has 0 amide bonds. The molecule has 0 radical (unpaired) electrons. The van der Waals surface area contributed by atoms with Crippen molar-refractivity contribution in [3.8, 4) is 0 Å². The fraction of sp³-hybridized carbons (Fsp3) is 0.632. The molecule has 0 spiro atoms. The quantitative estimate of drug-likeness (QED) is 0.896. The Hall–Kier alpha value is -1.42. The molecule has 5 rings (SSSR count). The van der Waals surface area contributed by atoms with Gasteiger partial charge in [0, 0.05) is 5.41 Å². The molecule has 1 aromatic carbocycles. The molecule has 3 nitrogen and oxygen atoms in total. The zero-order chi connectivity index (χ0) is 16.2. The maximum Gasteiger partial charge on any atom is 0.309 e. The van der Waals surface area contributed by atoms with Crippen LogP contribution in [0.4, 0.5) is 4.39 Å². The van der Waals surface area contributed by atoms with Crippen LogP contribution in [0.3, 0.4) is 0 Å². The van der Waals surface area contributed by atoms with Crippen molar-refractivity contribution in [1.29, 1.82) is 0 Å². The van der Waals surface area contributed by atoms with Crippen molar-refractivity contribution in [2.24, 2.45) is 29.6 Å². The van der Waals surface area contributed by atoms with E-state index in [2.05, 4.69) is 0 Å². The molecule has 4 aliphatic carbocycles. The molecule has 1 aromatic rings. The normalized spacial score (nSPS) is 39.4. The molecule has 4 bridgehead atoms. The molecule has 0 aromatic heterocycles. The summed E-state index contributed by atoms with van der Waals surface area (Å²) in [6, 6.07) is 6.36. The van der Waals surface area contributed by atoms with Gasteiger partial charge in [0.25, 0.3) is 0 Å². The Kier molecular flexibility index (Phi) is 3.49. The van der Waals surface area contributed by atoms with E-state index in [4.69, 9.17) is 0 Å². The number of carbonyl (C=O) groups is 1. The second kappa shape index (κ2) is 5.30. The number of aliphatic carboxylic acids is 1. The van der Waals surface area contributed by atoms with E-state index in [-0.39, 0.29) is 24.3 Å². The zero-order valence-corrected chi connectivity index (χ0v) is 13.1. The summed E-state index contributed by atoms with van der Waals surface area (Å²) in [5.74, 6) is -0.0378. The molecule has 1 unspecified atom stereocenters. The molecule has 23 heavy (non-hydrogen) atoms. The van der Waals surface area contributed by atoms with Gasteiger partial charge in [-0.15, -0.1) is 0 Å². The first-order valence-electron chi connectivity index (χ1n) is 8.65. The van der Waals surface area contributed by atoms with Crippen LogP contribution in [0.5, 0.6) is 0 Å². The average Bonchev–Trinajstić information content (AvgIpc) is 2.51. The van der Waals surface area contributed by atoms with Crippen LogP contribution < -0.4 is 0 Å². The lowest BCUT2D eigenvalue weighted by molar-refractivity contribution is -0.159. The summed E-state index contributed by atoms with van der Waals surface area (Å²) in [6.07, 6.45) is 5.48. The second-order valence-corrected chi connectivity index (χ2v) is 7.82. The lowest BCUT2D eigenvalue weighted by Gasteiger charge is -2.63. The summed E-state index contributed by atoms with van der Waals surface area (Å²) in [7, 11) is 0. The molecule has 4 fully saturated rings. The maximum absolute atomic E-state index is 13.4. The summed E-state index contributed by atoms with van der Waals surface area (Å²) < 4.78 is 13.4. The summed E-state index contributed by atoms with van der Waals surface area (Å²) in [5.41, 5.74) is 0.371. The zero-order valence-electron chi connectivity index (χ0n) is 13.1. The predicted molar refractivity (Wildman–Crippen MR) is 83.3 cm³/mol. The van der Waals surface area contributed by atoms with E-state index < -0.39 is 17.3 Å². The number of carboxylic acids is 1. The Morgan fingerprint density at radius 1 is 1.09 bits per heavy atom. The summed E-state index contributed by atoms with van der Waals surface area (Å²) in [5, 5.41) is 19.7. The largest absolute Gasteiger partial charge is 0.481 e. The van der Waals surface area contributed by atoms with E-state index in [9.17, 15) is 19.4 Å². The van der Waals surface area contributed by atoms with Crippen LogP contribution in [0.25, 0.3) is 0 Å². The van der Waals surface area contributed by atoms with Crippen LogP contribution in [0.2, 0.25) is 0 Å². The molecule has 0 heterocycles. The second-order valence-electron chi connectivity index (χ2n) is 7.82. The number of benzene rings is 1. The minimum atomic E-state index is -0.927. The first kappa shape index (κ1) is 15.1. The van der Waals surface area contributed by atoms with Crippen molar-refractivity contribution in [2.45, 2.75) is 37.5 Å². The minimum absolute atomic E-state index is 0.289. The van der Waals surface area contributed by atoms with Gasteiger partial charge in [0.2, 0.25) is 0 Å². The van der Waals surface area contributed by atoms with Gasteiger partial charge in [-0.05, 0) is 73.5 Å². The predicted octanol–water partition coefficient (Wildman–Crippen LogP) is 3.21. The number of aliphatic hydroxyl groups is 1. The molecule has 0 aliphatic heterocycles. The van der Waals surface area contributed by atoms with E-state index in [1.54, 1.807) is 12.1 Å². The van der Waals surface area contributed by atoms with E-state index in [0.717, 1.165) is 31.2 Å². The van der Waals surface area contributed by atoms with Gasteiger partial charge in [-0.25, -0.2) is 4.39 Å². The molecular formula is C19H23FO3. The van der Waals surface area contributed by atoms with Crippen LogP contribution in [0, 0.1) is 35.4 Å². The van der Waals surface area contributed by atoms with E-state index in [1.807, 2.05) is 0 Å². The third kappa shape index (κ3) is 2.07. The van der Waals surface area contributed by atoms with Gasteiger partial charge in [-0.1, -0.05) is 12.1 Å². The number of carboxylic acid groups (broad SMARTS) is 1. The van der Waals surface area contributed by atoms with E-state index >= 15 is 0 Å². The van der Waals surface area contributed by atoms with Crippen molar-refractivity contribution in [1.82, 2.24) is 0 Å². The first-order chi connectivity index (χ1) is 11.1. The van der Waals surface area contributed by atoms with Gasteiger partial charge in [0.15, 0.2) is 0 Å². The molecule has 0 saturated heterocycles. The lowest BCUT2D eigenvalue weighted by Crippen LogP contribution is -2.61. The molecule has 4 heteroatoms. The van der Waals surface area contributed by atoms with Crippen molar-refractivity contribution in [2.75, 3.05) is 6.61 Å². The fourth-order valence-corrected chi connectivity index (χ4v) is 6.38. The van der Waals surface area contributed by atoms with Gasteiger partial charge < -0.3 is 10.2 Å². The van der Waals surface area contributed by atoms with Gasteiger partial charge >= 0.3 is 5.97 Å². The third-order valence-corrected chi connectivity index (χ3v) is 6.89. The molecule has 4 aliphatic rings. The number of hydrogen-bond donors (Lipinski definition) is 2. The Bertz CT molecular complexity index is 582. The number of hydrogen-bond acceptors (Lipinski definition) is 2. The number of rotatable bonds is 4. The number of aliphatic hydroxyl groups excluding tert-OH is 1. The van der Waals surface area contributed by atoms with Gasteiger partial charge in [-0.2, -0.15) is 0 Å². The third-order valence-electron chi connectivity index (χ3n) is 6.89. The van der Waals surface area contributed by atoms with Crippen LogP contribution in [0.15, 0.2) is 24.3 Å². The molecule has 2 N–H and O–H groups in total. The fourth-order valence-electron chi connectivity index (χ4n) is 6.38. The molecular weight excluding hydrogens is 295 g/mol. The van der Waals surface area contributed by atoms with Crippen LogP contribution >= 0.6 is 0 Å². The Labute approximate surface area is 135 Å². The number of halogens is 1. The molecule has 1 atom stereocenters. The Balaban J connectivity index is 1.87. The summed E-state index contributed by atoms with van der Waals surface area (Å²) in [4.78, 5) is 12.0. The van der Waals surface area contributed by atoms with Crippen molar-refractivity contribution in [3.63, 3.8) is 0 Å². The topological polar surface area (TPSA) is 57.5 Å². The highest BCUT2D eigenvalue weighted by Gasteiger charge is 2.62. The van der Waals surface area contributed by atoms with Crippen LogP contribution in [0.1, 0.15) is 37.7 Å². The molecule has 124 valence electrons. The van der Waals surface area contributed by atoms with Crippen molar-refractivity contribution >= 4 is 5.97 Å². The lowest BCUT2D eigenvalue weighted by atomic mass is 9.41. The summed E-state index contributed by atoms with van der Waals surface area (Å²) in [6.45, 7) is -0.352. The Morgan fingerprint density at radius 2 is 1.61 bits per heavy atom. The first-order valence-corrected chi connectivity index (χ1v) is 8.65. The van der Waals surface area contributed by atoms with Crippen LogP contribution in [-0.4, -0.2) is 22.8 Å². The maximum atomic E-state index is 13.4. The van der Waals surface area contributed by atoms with E-state index in [1.165, 1.54) is 18.6 Å².